The number of rotatable bonds is 2. The van der Waals surface area contributed by atoms with E-state index in [1.54, 1.807) is 12.3 Å². The largest absolute Gasteiger partial charge is 0.444 e. The third-order valence-electron chi connectivity index (χ3n) is 1.96. The molecule has 1 rings (SSSR count). The number of anilines is 1. The maximum Gasteiger partial charge on any atom is 0.412 e. The van der Waals surface area contributed by atoms with Crippen molar-refractivity contribution >= 4 is 17.9 Å². The number of amides is 1. The lowest BCUT2D eigenvalue weighted by atomic mass is 10.2. The average molecular weight is 234 g/mol. The van der Waals surface area contributed by atoms with Gasteiger partial charge in [0.2, 0.25) is 0 Å². The van der Waals surface area contributed by atoms with Gasteiger partial charge in [-0.2, -0.15) is 0 Å². The summed E-state index contributed by atoms with van der Waals surface area (Å²) in [6.45, 7) is 11.0. The Hall–Kier alpha value is -1.84. The number of pyridine rings is 1. The van der Waals surface area contributed by atoms with E-state index in [-0.39, 0.29) is 0 Å². The second kappa shape index (κ2) is 4.99. The van der Waals surface area contributed by atoms with Gasteiger partial charge in [-0.05, 0) is 45.4 Å². The van der Waals surface area contributed by atoms with Crippen LogP contribution in [0.25, 0.3) is 6.08 Å². The maximum atomic E-state index is 11.5. The molecule has 17 heavy (non-hydrogen) atoms. The summed E-state index contributed by atoms with van der Waals surface area (Å²) < 4.78 is 5.14. The normalized spacial score (nSPS) is 10.8. The second-order valence-corrected chi connectivity index (χ2v) is 4.76. The number of ether oxygens (including phenoxy) is 1. The Bertz CT molecular complexity index is 434. The molecule has 4 nitrogen and oxygen atoms in total. The molecule has 0 saturated heterocycles. The molecule has 92 valence electrons. The van der Waals surface area contributed by atoms with Gasteiger partial charge in [-0.1, -0.05) is 6.58 Å². The lowest BCUT2D eigenvalue weighted by molar-refractivity contribution is 0.0636. The van der Waals surface area contributed by atoms with Crippen molar-refractivity contribution in [2.45, 2.75) is 33.3 Å². The molecule has 1 N–H and O–H groups in total. The third-order valence-corrected chi connectivity index (χ3v) is 1.96. The summed E-state index contributed by atoms with van der Waals surface area (Å²) in [5, 5.41) is 2.63. The Labute approximate surface area is 102 Å². The number of aryl methyl sites for hydroxylation is 1. The van der Waals surface area contributed by atoms with Crippen molar-refractivity contribution in [2.24, 2.45) is 0 Å². The van der Waals surface area contributed by atoms with E-state index in [4.69, 9.17) is 4.74 Å². The summed E-state index contributed by atoms with van der Waals surface area (Å²) in [5.41, 5.74) is 1.86. The van der Waals surface area contributed by atoms with Crippen molar-refractivity contribution < 1.29 is 9.53 Å². The first kappa shape index (κ1) is 13.2. The molecule has 0 fully saturated rings. The lowest BCUT2D eigenvalue weighted by Crippen LogP contribution is -2.27. The monoisotopic (exact) mass is 234 g/mol. The summed E-state index contributed by atoms with van der Waals surface area (Å²) >= 11 is 0. The van der Waals surface area contributed by atoms with Crippen molar-refractivity contribution in [3.63, 3.8) is 0 Å². The minimum atomic E-state index is -0.506. The van der Waals surface area contributed by atoms with Crippen LogP contribution in [0.15, 0.2) is 18.8 Å². The molecule has 0 radical (unpaired) electrons. The van der Waals surface area contributed by atoms with Crippen molar-refractivity contribution in [3.8, 4) is 0 Å². The molecule has 1 aromatic heterocycles. The molecule has 1 aromatic rings. The molecule has 0 aliphatic heterocycles. The number of hydrogen-bond donors (Lipinski definition) is 1. The number of carbonyl (C=O) groups is 1. The first-order chi connectivity index (χ1) is 7.81. The molecule has 1 heterocycles. The maximum absolute atomic E-state index is 11.5. The fraction of sp³-hybridized carbons (Fsp3) is 0.385. The molecule has 0 atom stereocenters. The second-order valence-electron chi connectivity index (χ2n) is 4.76. The number of aromatic nitrogens is 1. The van der Waals surface area contributed by atoms with Crippen molar-refractivity contribution in [3.05, 3.63) is 30.1 Å². The van der Waals surface area contributed by atoms with Gasteiger partial charge in [-0.3, -0.25) is 10.3 Å². The van der Waals surface area contributed by atoms with Crippen LogP contribution in [0.2, 0.25) is 0 Å². The van der Waals surface area contributed by atoms with E-state index >= 15 is 0 Å². The molecule has 0 unspecified atom stereocenters. The number of nitrogens with one attached hydrogen (secondary N) is 1. The summed E-state index contributed by atoms with van der Waals surface area (Å²) in [4.78, 5) is 15.7. The molecular weight excluding hydrogens is 216 g/mol. The van der Waals surface area contributed by atoms with E-state index in [0.29, 0.717) is 5.69 Å². The van der Waals surface area contributed by atoms with Gasteiger partial charge in [0, 0.05) is 0 Å². The smallest absolute Gasteiger partial charge is 0.412 e. The van der Waals surface area contributed by atoms with Crippen LogP contribution in [0, 0.1) is 6.92 Å². The number of carbonyl (C=O) groups excluding carboxylic acids is 1. The SMILES string of the molecule is C=Cc1ncc(NC(=O)OC(C)(C)C)cc1C. The van der Waals surface area contributed by atoms with Crippen LogP contribution in [0.1, 0.15) is 32.0 Å². The van der Waals surface area contributed by atoms with Gasteiger partial charge in [0.05, 0.1) is 17.6 Å². The predicted octanol–water partition coefficient (Wildman–Crippen LogP) is 3.38. The van der Waals surface area contributed by atoms with E-state index in [0.717, 1.165) is 11.3 Å². The molecule has 0 saturated carbocycles. The van der Waals surface area contributed by atoms with Crippen LogP contribution in [0.3, 0.4) is 0 Å². The van der Waals surface area contributed by atoms with Crippen molar-refractivity contribution in [2.75, 3.05) is 5.32 Å². The quantitative estimate of drug-likeness (QED) is 0.853. The standard InChI is InChI=1S/C13H18N2O2/c1-6-11-9(2)7-10(8-14-11)15-12(16)17-13(3,4)5/h6-8H,1H2,2-5H3,(H,15,16). The zero-order valence-corrected chi connectivity index (χ0v) is 10.7. The first-order valence-electron chi connectivity index (χ1n) is 5.41. The highest BCUT2D eigenvalue weighted by atomic mass is 16.6. The third kappa shape index (κ3) is 4.26. The molecule has 1 amide bonds. The van der Waals surface area contributed by atoms with Crippen LogP contribution in [-0.4, -0.2) is 16.7 Å². The molecular formula is C13H18N2O2. The fourth-order valence-corrected chi connectivity index (χ4v) is 1.29. The fourth-order valence-electron chi connectivity index (χ4n) is 1.29. The van der Waals surface area contributed by atoms with Gasteiger partial charge in [-0.15, -0.1) is 0 Å². The van der Waals surface area contributed by atoms with Crippen LogP contribution >= 0.6 is 0 Å². The highest BCUT2D eigenvalue weighted by Gasteiger charge is 2.16. The molecule has 0 bridgehead atoms. The van der Waals surface area contributed by atoms with Gasteiger partial charge < -0.3 is 4.74 Å². The van der Waals surface area contributed by atoms with E-state index in [9.17, 15) is 4.79 Å². The van der Waals surface area contributed by atoms with Crippen LogP contribution in [-0.2, 0) is 4.74 Å². The van der Waals surface area contributed by atoms with Crippen LogP contribution < -0.4 is 5.32 Å². The molecule has 0 aliphatic rings. The van der Waals surface area contributed by atoms with Gasteiger partial charge >= 0.3 is 6.09 Å². The Morgan fingerprint density at radius 1 is 1.53 bits per heavy atom. The molecule has 0 aromatic carbocycles. The molecule has 4 heteroatoms. The Morgan fingerprint density at radius 2 is 2.18 bits per heavy atom. The summed E-state index contributed by atoms with van der Waals surface area (Å²) in [7, 11) is 0. The van der Waals surface area contributed by atoms with Crippen molar-refractivity contribution in [1.29, 1.82) is 0 Å². The number of hydrogen-bond acceptors (Lipinski definition) is 3. The Balaban J connectivity index is 2.73. The highest BCUT2D eigenvalue weighted by molar-refractivity contribution is 5.84. The Morgan fingerprint density at radius 3 is 2.65 bits per heavy atom. The minimum Gasteiger partial charge on any atom is -0.444 e. The van der Waals surface area contributed by atoms with Gasteiger partial charge in [-0.25, -0.2) is 4.79 Å². The Kier molecular flexibility index (Phi) is 3.89. The van der Waals surface area contributed by atoms with Crippen molar-refractivity contribution in [1.82, 2.24) is 4.98 Å². The zero-order valence-electron chi connectivity index (χ0n) is 10.7. The van der Waals surface area contributed by atoms with E-state index in [2.05, 4.69) is 16.9 Å². The zero-order chi connectivity index (χ0) is 13.1. The molecule has 0 aliphatic carbocycles. The van der Waals surface area contributed by atoms with Gasteiger partial charge in [0.1, 0.15) is 5.60 Å². The van der Waals surface area contributed by atoms with E-state index in [1.807, 2.05) is 33.8 Å². The van der Waals surface area contributed by atoms with E-state index < -0.39 is 11.7 Å². The van der Waals surface area contributed by atoms with Gasteiger partial charge in [0.15, 0.2) is 0 Å². The minimum absolute atomic E-state index is 0.481. The summed E-state index contributed by atoms with van der Waals surface area (Å²) in [6.07, 6.45) is 2.77. The predicted molar refractivity (Wildman–Crippen MR) is 68.9 cm³/mol. The van der Waals surface area contributed by atoms with Crippen LogP contribution in [0.5, 0.6) is 0 Å². The van der Waals surface area contributed by atoms with Gasteiger partial charge in [0.25, 0.3) is 0 Å². The highest BCUT2D eigenvalue weighted by Crippen LogP contribution is 2.14. The topological polar surface area (TPSA) is 51.2 Å². The number of nitrogens with zero attached hydrogens (tertiary/aromatic N) is 1. The van der Waals surface area contributed by atoms with Crippen LogP contribution in [0.4, 0.5) is 10.5 Å². The summed E-state index contributed by atoms with van der Waals surface area (Å²) in [5.74, 6) is 0. The average Bonchev–Trinajstić information content (AvgIpc) is 2.14. The first-order valence-corrected chi connectivity index (χ1v) is 5.41. The van der Waals surface area contributed by atoms with E-state index in [1.165, 1.54) is 0 Å². The lowest BCUT2D eigenvalue weighted by Gasteiger charge is -2.19. The summed E-state index contributed by atoms with van der Waals surface area (Å²) in [6, 6.07) is 1.83. The molecule has 0 spiro atoms.